The van der Waals surface area contributed by atoms with E-state index in [-0.39, 0.29) is 41.9 Å². The number of nitriles is 1. The molecule has 0 saturated carbocycles. The monoisotopic (exact) mass is 560 g/mol. The van der Waals surface area contributed by atoms with Crippen molar-refractivity contribution in [1.82, 2.24) is 0 Å². The van der Waals surface area contributed by atoms with Crippen LogP contribution in [0.5, 0.6) is 11.5 Å². The van der Waals surface area contributed by atoms with E-state index in [1.54, 1.807) is 37.3 Å². The second-order valence-electron chi connectivity index (χ2n) is 8.61. The van der Waals surface area contributed by atoms with E-state index in [4.69, 9.17) is 14.2 Å². The third-order valence-corrected chi connectivity index (χ3v) is 6.71. The van der Waals surface area contributed by atoms with Crippen molar-refractivity contribution in [3.05, 3.63) is 87.5 Å². The quantitative estimate of drug-likeness (QED) is 0.232. The summed E-state index contributed by atoms with van der Waals surface area (Å²) in [6.07, 6.45) is 4.73. The Morgan fingerprint density at radius 2 is 1.90 bits per heavy atom. The summed E-state index contributed by atoms with van der Waals surface area (Å²) in [5.74, 6) is -0.430. The Kier molecular flexibility index (Phi) is 11.2. The van der Waals surface area contributed by atoms with E-state index in [2.05, 4.69) is 17.6 Å². The molecule has 0 aliphatic carbocycles. The third-order valence-electron chi connectivity index (χ3n) is 5.69. The van der Waals surface area contributed by atoms with Gasteiger partial charge in [-0.05, 0) is 56.5 Å². The van der Waals surface area contributed by atoms with Crippen molar-refractivity contribution in [3.8, 4) is 17.6 Å². The molecule has 0 aromatic heterocycles. The fraction of sp³-hybridized carbons (Fsp3) is 0.290. The highest BCUT2D eigenvalue weighted by Gasteiger charge is 2.34. The lowest BCUT2D eigenvalue weighted by Crippen LogP contribution is -2.14. The van der Waals surface area contributed by atoms with Gasteiger partial charge in [0.2, 0.25) is 5.91 Å². The molecule has 1 aliphatic rings. The van der Waals surface area contributed by atoms with Gasteiger partial charge in [0, 0.05) is 17.5 Å². The van der Waals surface area contributed by atoms with Crippen molar-refractivity contribution in [3.63, 3.8) is 0 Å². The summed E-state index contributed by atoms with van der Waals surface area (Å²) in [4.78, 5) is 29.3. The van der Waals surface area contributed by atoms with E-state index in [0.717, 1.165) is 22.9 Å². The van der Waals surface area contributed by atoms with Crippen LogP contribution in [0.4, 0.5) is 0 Å². The molecule has 0 radical (unpaired) electrons. The topological polar surface area (TPSA) is 118 Å². The molecule has 0 spiro atoms. The lowest BCUT2D eigenvalue weighted by molar-refractivity contribution is -0.138. The van der Waals surface area contributed by atoms with Crippen LogP contribution in [0.2, 0.25) is 0 Å². The van der Waals surface area contributed by atoms with Gasteiger partial charge < -0.3 is 19.3 Å². The van der Waals surface area contributed by atoms with Crippen molar-refractivity contribution < 1.29 is 28.9 Å². The van der Waals surface area contributed by atoms with Crippen LogP contribution in [0, 0.1) is 11.3 Å². The van der Waals surface area contributed by atoms with E-state index in [9.17, 15) is 20.0 Å². The minimum Gasteiger partial charge on any atom is -0.506 e. The highest BCUT2D eigenvalue weighted by atomic mass is 32.2. The number of thioether (sulfide) groups is 1. The van der Waals surface area contributed by atoms with E-state index >= 15 is 0 Å². The SMILES string of the molecule is C=CCc1cc(/C=C2\SC(=NC(=O)CCC)C(C(=O)OCC)=C2O)cc(OCC)c1OCc1ccccc1C#N. The highest BCUT2D eigenvalue weighted by molar-refractivity contribution is 8.18. The summed E-state index contributed by atoms with van der Waals surface area (Å²) in [6.45, 7) is 9.89. The number of rotatable bonds is 12. The van der Waals surface area contributed by atoms with Crippen LogP contribution in [0.3, 0.4) is 0 Å². The third kappa shape index (κ3) is 7.42. The number of amides is 1. The average Bonchev–Trinajstić information content (AvgIpc) is 3.22. The average molecular weight is 561 g/mol. The van der Waals surface area contributed by atoms with Gasteiger partial charge in [-0.15, -0.1) is 6.58 Å². The maximum atomic E-state index is 12.6. The van der Waals surface area contributed by atoms with Gasteiger partial charge in [-0.3, -0.25) is 4.79 Å². The fourth-order valence-electron chi connectivity index (χ4n) is 3.93. The molecule has 40 heavy (non-hydrogen) atoms. The number of benzene rings is 2. The standard InChI is InChI=1S/C31H32N2O6S/c1-5-11-21-15-20(16-24(37-7-3)29(21)39-19-23-14-10-9-13-22(23)18-32)17-25-28(35)27(31(36)38-8-4)30(40-25)33-26(34)12-6-2/h5,9-10,13-17,35H,1,6-8,11-12,19H2,2-4H3/b25-17-,33-30?. The number of aliphatic hydroxyl groups is 1. The van der Waals surface area contributed by atoms with Gasteiger partial charge in [0.15, 0.2) is 11.5 Å². The lowest BCUT2D eigenvalue weighted by atomic mass is 10.0. The van der Waals surface area contributed by atoms with Crippen LogP contribution in [-0.4, -0.2) is 35.2 Å². The van der Waals surface area contributed by atoms with E-state index in [1.165, 1.54) is 0 Å². The molecule has 208 valence electrons. The molecule has 0 unspecified atom stereocenters. The maximum absolute atomic E-state index is 12.6. The summed E-state index contributed by atoms with van der Waals surface area (Å²) in [7, 11) is 0. The Hall–Kier alpha value is -4.29. The van der Waals surface area contributed by atoms with Crippen molar-refractivity contribution in [2.45, 2.75) is 46.6 Å². The Labute approximate surface area is 238 Å². The highest BCUT2D eigenvalue weighted by Crippen LogP contribution is 2.41. The summed E-state index contributed by atoms with van der Waals surface area (Å²) in [6, 6.07) is 13.0. The first-order valence-electron chi connectivity index (χ1n) is 13.0. The number of aliphatic hydroxyl groups excluding tert-OH is 1. The van der Waals surface area contributed by atoms with Crippen LogP contribution in [0.25, 0.3) is 6.08 Å². The molecule has 1 N–H and O–H groups in total. The Morgan fingerprint density at radius 1 is 1.12 bits per heavy atom. The molecule has 1 amide bonds. The van der Waals surface area contributed by atoms with E-state index in [0.29, 0.717) is 47.0 Å². The largest absolute Gasteiger partial charge is 0.506 e. The normalized spacial score (nSPS) is 14.8. The number of esters is 1. The molecule has 1 heterocycles. The molecule has 0 fully saturated rings. The number of carbonyl (C=O) groups excluding carboxylic acids is 2. The molecule has 2 aromatic carbocycles. The predicted octanol–water partition coefficient (Wildman–Crippen LogP) is 6.45. The van der Waals surface area contributed by atoms with E-state index < -0.39 is 5.97 Å². The van der Waals surface area contributed by atoms with Gasteiger partial charge in [-0.1, -0.05) is 43.0 Å². The molecule has 0 saturated heterocycles. The number of nitrogens with zero attached hydrogens (tertiary/aromatic N) is 2. The van der Waals surface area contributed by atoms with Crippen LogP contribution in [0.1, 0.15) is 55.9 Å². The molecular formula is C31H32N2O6S. The number of hydrogen-bond acceptors (Lipinski definition) is 8. The van der Waals surface area contributed by atoms with Crippen molar-refractivity contribution >= 4 is 34.8 Å². The number of aliphatic imine (C=N–C) groups is 1. The lowest BCUT2D eigenvalue weighted by Gasteiger charge is -2.17. The van der Waals surface area contributed by atoms with Gasteiger partial charge in [0.05, 0.1) is 29.8 Å². The maximum Gasteiger partial charge on any atom is 0.344 e. The summed E-state index contributed by atoms with van der Waals surface area (Å²) >= 11 is 1.03. The molecule has 1 aliphatic heterocycles. The van der Waals surface area contributed by atoms with Gasteiger partial charge in [0.1, 0.15) is 23.0 Å². The number of carbonyl (C=O) groups is 2. The Balaban J connectivity index is 2.05. The van der Waals surface area contributed by atoms with Gasteiger partial charge >= 0.3 is 5.97 Å². The number of hydrogen-bond donors (Lipinski definition) is 1. The minimum absolute atomic E-state index is 0.105. The van der Waals surface area contributed by atoms with Gasteiger partial charge in [0.25, 0.3) is 0 Å². The zero-order chi connectivity index (χ0) is 29.1. The summed E-state index contributed by atoms with van der Waals surface area (Å²) < 4.78 is 17.2. The molecule has 8 nitrogen and oxygen atoms in total. The van der Waals surface area contributed by atoms with Gasteiger partial charge in [-0.25, -0.2) is 9.79 Å². The number of ether oxygens (including phenoxy) is 3. The molecule has 0 bridgehead atoms. The zero-order valence-electron chi connectivity index (χ0n) is 22.9. The first-order valence-corrected chi connectivity index (χ1v) is 13.8. The molecule has 9 heteroatoms. The fourth-order valence-corrected chi connectivity index (χ4v) is 4.96. The smallest absolute Gasteiger partial charge is 0.344 e. The van der Waals surface area contributed by atoms with Crippen LogP contribution in [-0.2, 0) is 27.4 Å². The minimum atomic E-state index is -0.748. The molecular weight excluding hydrogens is 528 g/mol. The van der Waals surface area contributed by atoms with Crippen LogP contribution in [0.15, 0.2) is 70.3 Å². The first kappa shape index (κ1) is 30.3. The van der Waals surface area contributed by atoms with Crippen molar-refractivity contribution in [2.24, 2.45) is 4.99 Å². The molecule has 2 aromatic rings. The van der Waals surface area contributed by atoms with Crippen molar-refractivity contribution in [1.29, 1.82) is 5.26 Å². The summed E-state index contributed by atoms with van der Waals surface area (Å²) in [5, 5.41) is 20.5. The Morgan fingerprint density at radius 3 is 2.58 bits per heavy atom. The zero-order valence-corrected chi connectivity index (χ0v) is 23.7. The summed E-state index contributed by atoms with van der Waals surface area (Å²) in [5.41, 5.74) is 2.60. The van der Waals surface area contributed by atoms with Crippen LogP contribution < -0.4 is 9.47 Å². The first-order chi connectivity index (χ1) is 19.4. The van der Waals surface area contributed by atoms with E-state index in [1.807, 2.05) is 32.0 Å². The predicted molar refractivity (Wildman–Crippen MR) is 156 cm³/mol. The second-order valence-corrected chi connectivity index (χ2v) is 9.64. The van der Waals surface area contributed by atoms with Crippen molar-refractivity contribution in [2.75, 3.05) is 13.2 Å². The molecule has 0 atom stereocenters. The Bertz CT molecular complexity index is 1420. The second kappa shape index (κ2) is 14.8. The van der Waals surface area contributed by atoms with Gasteiger partial charge in [-0.2, -0.15) is 5.26 Å². The van der Waals surface area contributed by atoms with Crippen LogP contribution >= 0.6 is 11.8 Å². The number of allylic oxidation sites excluding steroid dienone is 1. The molecule has 3 rings (SSSR count).